The van der Waals surface area contributed by atoms with Crippen LogP contribution in [0.4, 0.5) is 0 Å². The van der Waals surface area contributed by atoms with Gasteiger partial charge in [-0.25, -0.2) is 19.7 Å². The lowest BCUT2D eigenvalue weighted by atomic mass is 9.86. The maximum absolute atomic E-state index is 13.0. The van der Waals surface area contributed by atoms with Crippen molar-refractivity contribution in [1.82, 2.24) is 29.5 Å². The lowest BCUT2D eigenvalue weighted by Gasteiger charge is -2.17. The highest BCUT2D eigenvalue weighted by molar-refractivity contribution is 6.01. The lowest BCUT2D eigenvalue weighted by molar-refractivity contribution is 0.686. The monoisotopic (exact) mass is 463 g/mol. The molecule has 0 unspecified atom stereocenters. The molecule has 0 aliphatic heterocycles. The molecule has 0 saturated carbocycles. The van der Waals surface area contributed by atoms with E-state index in [4.69, 9.17) is 4.98 Å². The Morgan fingerprint density at radius 2 is 1.71 bits per heavy atom. The Balaban J connectivity index is 1.74. The van der Waals surface area contributed by atoms with E-state index in [-0.39, 0.29) is 5.39 Å². The Kier molecular flexibility index (Phi) is 5.21. The van der Waals surface area contributed by atoms with E-state index in [9.17, 15) is 14.9 Å². The molecule has 0 aliphatic rings. The van der Waals surface area contributed by atoms with Crippen LogP contribution in [0.15, 0.2) is 64.6 Å². The van der Waals surface area contributed by atoms with Crippen LogP contribution in [0.1, 0.15) is 36.5 Å². The number of pyridine rings is 2. The van der Waals surface area contributed by atoms with Crippen molar-refractivity contribution in [3.8, 4) is 11.8 Å². The van der Waals surface area contributed by atoms with Gasteiger partial charge in [0.05, 0.1) is 33.6 Å². The first-order valence-electron chi connectivity index (χ1n) is 11.0. The van der Waals surface area contributed by atoms with Crippen LogP contribution in [0.3, 0.4) is 0 Å². The van der Waals surface area contributed by atoms with E-state index in [0.29, 0.717) is 34.5 Å². The minimum Gasteiger partial charge on any atom is -0.273 e. The van der Waals surface area contributed by atoms with E-state index >= 15 is 0 Å². The van der Waals surface area contributed by atoms with Crippen LogP contribution in [-0.2, 0) is 11.8 Å². The molecule has 0 radical (unpaired) electrons. The average Bonchev–Trinajstić information content (AvgIpc) is 2.85. The van der Waals surface area contributed by atoms with Gasteiger partial charge in [0, 0.05) is 30.7 Å². The van der Waals surface area contributed by atoms with Gasteiger partial charge < -0.3 is 0 Å². The van der Waals surface area contributed by atoms with Crippen molar-refractivity contribution in [3.05, 3.63) is 98.5 Å². The number of nitrogens with one attached hydrogen (secondary N) is 1. The second-order valence-corrected chi connectivity index (χ2v) is 8.88. The Bertz CT molecular complexity index is 1740. The molecule has 9 nitrogen and oxygen atoms in total. The fourth-order valence-corrected chi connectivity index (χ4v) is 3.96. The van der Waals surface area contributed by atoms with Crippen LogP contribution in [0.25, 0.3) is 27.6 Å². The van der Waals surface area contributed by atoms with Crippen molar-refractivity contribution < 1.29 is 0 Å². The zero-order chi connectivity index (χ0) is 24.7. The number of nitrogens with zero attached hydrogens (tertiary/aromatic N) is 6. The van der Waals surface area contributed by atoms with Crippen molar-refractivity contribution in [2.45, 2.75) is 32.6 Å². The largest absolute Gasteiger partial charge is 0.333 e. The minimum atomic E-state index is -0.677. The average molecular weight is 464 g/mol. The second-order valence-electron chi connectivity index (χ2n) is 8.88. The molecule has 1 N–H and O–H groups in total. The number of hydrogen-bond acceptors (Lipinski definition) is 7. The fraction of sp³-hybridized carbons (Fsp3) is 0.192. The van der Waals surface area contributed by atoms with Gasteiger partial charge in [0.15, 0.2) is 0 Å². The number of hydrogen-bond donors (Lipinski definition) is 1. The van der Waals surface area contributed by atoms with Crippen molar-refractivity contribution in [2.75, 3.05) is 0 Å². The summed E-state index contributed by atoms with van der Waals surface area (Å²) < 4.78 is 1.43. The molecule has 0 bridgehead atoms. The predicted octanol–water partition coefficient (Wildman–Crippen LogP) is 3.11. The fourth-order valence-electron chi connectivity index (χ4n) is 3.96. The maximum Gasteiger partial charge on any atom is 0.333 e. The first-order valence-corrected chi connectivity index (χ1v) is 11.0. The molecule has 0 amide bonds. The summed E-state index contributed by atoms with van der Waals surface area (Å²) in [6.07, 6.45) is 5.44. The van der Waals surface area contributed by atoms with E-state index in [1.54, 1.807) is 24.5 Å². The lowest BCUT2D eigenvalue weighted by Crippen LogP contribution is -2.29. The van der Waals surface area contributed by atoms with Gasteiger partial charge in [0.25, 0.3) is 5.56 Å². The summed E-state index contributed by atoms with van der Waals surface area (Å²) in [4.78, 5) is 45.7. The number of benzene rings is 1. The van der Waals surface area contributed by atoms with E-state index in [1.165, 1.54) is 10.8 Å². The summed E-state index contributed by atoms with van der Waals surface area (Å²) in [7, 11) is 0. The Labute approximate surface area is 199 Å². The van der Waals surface area contributed by atoms with Gasteiger partial charge in [-0.1, -0.05) is 12.1 Å². The molecule has 0 aliphatic carbocycles. The normalized spacial score (nSPS) is 11.6. The summed E-state index contributed by atoms with van der Waals surface area (Å²) in [5, 5.41) is 9.70. The number of aryl methyl sites for hydroxylation is 1. The minimum absolute atomic E-state index is 0.252. The maximum atomic E-state index is 13.0. The first-order chi connectivity index (χ1) is 16.8. The summed E-state index contributed by atoms with van der Waals surface area (Å²) in [5.41, 5.74) is 2.56. The van der Waals surface area contributed by atoms with Crippen molar-refractivity contribution >= 4 is 21.9 Å². The third kappa shape index (κ3) is 3.95. The second kappa shape index (κ2) is 8.25. The van der Waals surface area contributed by atoms with E-state index in [0.717, 1.165) is 16.8 Å². The van der Waals surface area contributed by atoms with Gasteiger partial charge in [0.2, 0.25) is 0 Å². The highest BCUT2D eigenvalue weighted by Gasteiger charge is 2.20. The number of aromatic nitrogens is 6. The number of H-pyrrole nitrogens is 1. The number of rotatable bonds is 4. The standard InChI is InChI=1S/C26H21N7O2/c1-15-28-11-16(12-29-15)10-18-6-9-21-22(31-18)23-20(13-30-21)24(34)32-25(35)33(23)19-7-4-17(5-8-19)26(2,3)14-27/h4-9,11-13H,10H2,1-3H3,(H,32,34,35). The molecule has 172 valence electrons. The zero-order valence-corrected chi connectivity index (χ0v) is 19.4. The Hall–Kier alpha value is -4.71. The predicted molar refractivity (Wildman–Crippen MR) is 131 cm³/mol. The molecule has 0 spiro atoms. The molecule has 9 heteroatoms. The number of fused-ring (bicyclic) bond motifs is 3. The van der Waals surface area contributed by atoms with Gasteiger partial charge in [-0.3, -0.25) is 19.3 Å². The van der Waals surface area contributed by atoms with Crippen LogP contribution >= 0.6 is 0 Å². The molecule has 5 rings (SSSR count). The van der Waals surface area contributed by atoms with Gasteiger partial charge >= 0.3 is 5.69 Å². The molecule has 4 heterocycles. The quantitative estimate of drug-likeness (QED) is 0.405. The first kappa shape index (κ1) is 22.1. The van der Waals surface area contributed by atoms with Crippen molar-refractivity contribution in [1.29, 1.82) is 5.26 Å². The molecule has 1 aromatic carbocycles. The molecule has 0 atom stereocenters. The van der Waals surface area contributed by atoms with Crippen LogP contribution in [0.2, 0.25) is 0 Å². The SMILES string of the molecule is Cc1ncc(Cc2ccc3ncc4c(=O)[nH]c(=O)n(-c5ccc(C(C)(C)C#N)cc5)c4c3n2)cn1. The van der Waals surface area contributed by atoms with E-state index < -0.39 is 16.7 Å². The number of aromatic amines is 1. The van der Waals surface area contributed by atoms with Crippen molar-refractivity contribution in [2.24, 2.45) is 0 Å². The highest BCUT2D eigenvalue weighted by atomic mass is 16.2. The van der Waals surface area contributed by atoms with Crippen LogP contribution in [0, 0.1) is 18.3 Å². The molecule has 0 fully saturated rings. The molecular weight excluding hydrogens is 442 g/mol. The topological polar surface area (TPSA) is 130 Å². The van der Waals surface area contributed by atoms with Gasteiger partial charge in [0.1, 0.15) is 11.3 Å². The summed E-state index contributed by atoms with van der Waals surface area (Å²) >= 11 is 0. The van der Waals surface area contributed by atoms with Gasteiger partial charge in [-0.05, 0) is 56.2 Å². The molecule has 0 saturated heterocycles. The number of nitriles is 1. The van der Waals surface area contributed by atoms with Crippen LogP contribution < -0.4 is 11.2 Å². The van der Waals surface area contributed by atoms with Gasteiger partial charge in [-0.2, -0.15) is 5.26 Å². The van der Waals surface area contributed by atoms with E-state index in [1.807, 2.05) is 45.0 Å². The van der Waals surface area contributed by atoms with Gasteiger partial charge in [-0.15, -0.1) is 0 Å². The van der Waals surface area contributed by atoms with Crippen LogP contribution in [-0.4, -0.2) is 29.5 Å². The van der Waals surface area contributed by atoms with Crippen molar-refractivity contribution in [3.63, 3.8) is 0 Å². The smallest absolute Gasteiger partial charge is 0.273 e. The molecule has 4 aromatic heterocycles. The summed E-state index contributed by atoms with van der Waals surface area (Å²) in [6, 6.07) is 13.1. The molecular formula is C26H21N7O2. The Morgan fingerprint density at radius 1 is 1.00 bits per heavy atom. The third-order valence-corrected chi connectivity index (χ3v) is 5.98. The highest BCUT2D eigenvalue weighted by Crippen LogP contribution is 2.26. The molecule has 35 heavy (non-hydrogen) atoms. The summed E-state index contributed by atoms with van der Waals surface area (Å²) in [6.45, 7) is 5.47. The Morgan fingerprint density at radius 3 is 2.40 bits per heavy atom. The third-order valence-electron chi connectivity index (χ3n) is 5.98. The van der Waals surface area contributed by atoms with E-state index in [2.05, 4.69) is 26.0 Å². The molecule has 5 aromatic rings. The van der Waals surface area contributed by atoms with Crippen LogP contribution in [0.5, 0.6) is 0 Å². The zero-order valence-electron chi connectivity index (χ0n) is 19.4. The summed E-state index contributed by atoms with van der Waals surface area (Å²) in [5.74, 6) is 0.683.